The molecule has 3 unspecified atom stereocenters. The van der Waals surface area contributed by atoms with Crippen LogP contribution in [0.25, 0.3) is 0 Å². The summed E-state index contributed by atoms with van der Waals surface area (Å²) < 4.78 is 14.9. The highest BCUT2D eigenvalue weighted by molar-refractivity contribution is 9.10. The Hall–Kier alpha value is -0.450. The molecule has 2 nitrogen and oxygen atoms in total. The molecule has 3 rings (SSSR count). The zero-order valence-electron chi connectivity index (χ0n) is 12.3. The Kier molecular flexibility index (Phi) is 4.97. The van der Waals surface area contributed by atoms with Gasteiger partial charge in [0.05, 0.1) is 6.10 Å². The smallest absolute Gasteiger partial charge is 0.127 e. The molecule has 2 fully saturated rings. The number of hydrogen-bond donors (Lipinski definition) is 1. The third-order valence-electron chi connectivity index (χ3n) is 5.07. The average Bonchev–Trinajstić information content (AvgIpc) is 2.91. The van der Waals surface area contributed by atoms with Gasteiger partial charge in [-0.3, -0.25) is 4.90 Å². The van der Waals surface area contributed by atoms with Crippen molar-refractivity contribution in [2.24, 2.45) is 5.92 Å². The van der Waals surface area contributed by atoms with Gasteiger partial charge < -0.3 is 5.11 Å². The van der Waals surface area contributed by atoms with Gasteiger partial charge in [0.25, 0.3) is 0 Å². The van der Waals surface area contributed by atoms with Crippen molar-refractivity contribution in [3.8, 4) is 0 Å². The summed E-state index contributed by atoms with van der Waals surface area (Å²) in [6.45, 7) is 1.67. The summed E-state index contributed by atoms with van der Waals surface area (Å²) in [5.41, 5.74) is 0.751. The van der Waals surface area contributed by atoms with E-state index in [1.165, 1.54) is 12.5 Å². The van der Waals surface area contributed by atoms with Gasteiger partial charge in [-0.1, -0.05) is 28.8 Å². The molecular formula is C17H23BrFNO. The lowest BCUT2D eigenvalue weighted by atomic mass is 9.80. The minimum Gasteiger partial charge on any atom is -0.393 e. The Bertz CT molecular complexity index is 496. The average molecular weight is 356 g/mol. The van der Waals surface area contributed by atoms with E-state index in [4.69, 9.17) is 0 Å². The Balaban J connectivity index is 1.73. The molecule has 116 valence electrons. The molecule has 21 heavy (non-hydrogen) atoms. The summed E-state index contributed by atoms with van der Waals surface area (Å²) in [7, 11) is 0. The number of aliphatic hydroxyl groups excluding tert-OH is 1. The predicted octanol–water partition coefficient (Wildman–Crippen LogP) is 4.10. The molecular weight excluding hydrogens is 333 g/mol. The molecule has 4 heteroatoms. The molecule has 1 aromatic rings. The Morgan fingerprint density at radius 3 is 2.81 bits per heavy atom. The quantitative estimate of drug-likeness (QED) is 0.881. The van der Waals surface area contributed by atoms with Crippen LogP contribution < -0.4 is 0 Å². The molecule has 3 atom stereocenters. The van der Waals surface area contributed by atoms with Crippen LogP contribution in [0, 0.1) is 11.7 Å². The highest BCUT2D eigenvalue weighted by Crippen LogP contribution is 2.35. The fraction of sp³-hybridized carbons (Fsp3) is 0.647. The summed E-state index contributed by atoms with van der Waals surface area (Å²) in [6, 6.07) is 5.56. The lowest BCUT2D eigenvalue weighted by Gasteiger charge is -2.37. The molecule has 0 aromatic heterocycles. The first-order chi connectivity index (χ1) is 10.1. The molecule has 1 saturated carbocycles. The normalized spacial score (nSPS) is 30.7. The highest BCUT2D eigenvalue weighted by Gasteiger charge is 2.36. The zero-order chi connectivity index (χ0) is 14.8. The minimum absolute atomic E-state index is 0.131. The number of likely N-dealkylation sites (tertiary alicyclic amines) is 1. The van der Waals surface area contributed by atoms with E-state index < -0.39 is 0 Å². The van der Waals surface area contributed by atoms with E-state index in [9.17, 15) is 9.50 Å². The monoisotopic (exact) mass is 355 g/mol. The van der Waals surface area contributed by atoms with Crippen LogP contribution in [-0.2, 0) is 6.54 Å². The molecule has 1 saturated heterocycles. The maximum Gasteiger partial charge on any atom is 0.127 e. The maximum absolute atomic E-state index is 14.0. The van der Waals surface area contributed by atoms with E-state index in [1.807, 2.05) is 6.07 Å². The summed E-state index contributed by atoms with van der Waals surface area (Å²) in [5, 5.41) is 10.3. The molecule has 0 radical (unpaired) electrons. The summed E-state index contributed by atoms with van der Waals surface area (Å²) in [4.78, 5) is 2.38. The van der Waals surface area contributed by atoms with E-state index >= 15 is 0 Å². The third-order valence-corrected chi connectivity index (χ3v) is 5.56. The molecule has 0 amide bonds. The van der Waals surface area contributed by atoms with Gasteiger partial charge in [0, 0.05) is 28.5 Å². The first-order valence-electron chi connectivity index (χ1n) is 8.01. The summed E-state index contributed by atoms with van der Waals surface area (Å²) in [6.07, 6.45) is 6.53. The highest BCUT2D eigenvalue weighted by atomic mass is 79.9. The number of benzene rings is 1. The van der Waals surface area contributed by atoms with Gasteiger partial charge in [-0.15, -0.1) is 0 Å². The van der Waals surface area contributed by atoms with E-state index in [2.05, 4.69) is 20.8 Å². The number of hydrogen-bond acceptors (Lipinski definition) is 2. The second kappa shape index (κ2) is 6.76. The lowest BCUT2D eigenvalue weighted by molar-refractivity contribution is 0.0199. The van der Waals surface area contributed by atoms with Gasteiger partial charge >= 0.3 is 0 Å². The van der Waals surface area contributed by atoms with Crippen molar-refractivity contribution in [2.45, 2.75) is 57.2 Å². The largest absolute Gasteiger partial charge is 0.393 e. The first kappa shape index (κ1) is 15.4. The summed E-state index contributed by atoms with van der Waals surface area (Å²) in [5.74, 6) is 0.240. The number of halogens is 2. The van der Waals surface area contributed by atoms with Crippen LogP contribution in [0.4, 0.5) is 4.39 Å². The van der Waals surface area contributed by atoms with Crippen LogP contribution in [0.5, 0.6) is 0 Å². The second-order valence-electron chi connectivity index (χ2n) is 6.43. The second-order valence-corrected chi connectivity index (χ2v) is 7.35. The Morgan fingerprint density at radius 1 is 1.19 bits per heavy atom. The standard InChI is InChI=1S/C17H23BrFNO/c18-13-7-8-15(19)12(10-13)11-20-9-3-5-16(20)14-4-1-2-6-17(14)21/h7-8,10,14,16-17,21H,1-6,9,11H2. The van der Waals surface area contributed by atoms with Crippen molar-refractivity contribution in [3.63, 3.8) is 0 Å². The van der Waals surface area contributed by atoms with Gasteiger partial charge in [-0.25, -0.2) is 4.39 Å². The van der Waals surface area contributed by atoms with Crippen LogP contribution in [0.1, 0.15) is 44.1 Å². The van der Waals surface area contributed by atoms with Crippen LogP contribution in [0.3, 0.4) is 0 Å². The van der Waals surface area contributed by atoms with E-state index in [0.29, 0.717) is 18.5 Å². The van der Waals surface area contributed by atoms with Crippen molar-refractivity contribution in [1.29, 1.82) is 0 Å². The van der Waals surface area contributed by atoms with Crippen LogP contribution in [0.2, 0.25) is 0 Å². The Labute approximate surface area is 134 Å². The number of aliphatic hydroxyl groups is 1. The Morgan fingerprint density at radius 2 is 2.00 bits per heavy atom. The zero-order valence-corrected chi connectivity index (χ0v) is 13.9. The van der Waals surface area contributed by atoms with Crippen LogP contribution >= 0.6 is 15.9 Å². The fourth-order valence-electron chi connectivity index (χ4n) is 4.01. The SMILES string of the molecule is OC1CCCCC1C1CCCN1Cc1cc(Br)ccc1F. The van der Waals surface area contributed by atoms with Crippen molar-refractivity contribution in [2.75, 3.05) is 6.54 Å². The van der Waals surface area contributed by atoms with Gasteiger partial charge in [0.1, 0.15) is 5.82 Å². The van der Waals surface area contributed by atoms with Gasteiger partial charge in [-0.2, -0.15) is 0 Å². The molecule has 0 bridgehead atoms. The molecule has 1 aromatic carbocycles. The molecule has 2 aliphatic rings. The molecule has 1 aliphatic heterocycles. The minimum atomic E-state index is -0.170. The van der Waals surface area contributed by atoms with Gasteiger partial charge in [0.2, 0.25) is 0 Å². The topological polar surface area (TPSA) is 23.5 Å². The van der Waals surface area contributed by atoms with Crippen molar-refractivity contribution >= 4 is 15.9 Å². The van der Waals surface area contributed by atoms with Gasteiger partial charge in [0.15, 0.2) is 0 Å². The van der Waals surface area contributed by atoms with Crippen LogP contribution in [0.15, 0.2) is 22.7 Å². The third kappa shape index (κ3) is 3.49. The van der Waals surface area contributed by atoms with Crippen molar-refractivity contribution in [3.05, 3.63) is 34.1 Å². The predicted molar refractivity (Wildman–Crippen MR) is 85.5 cm³/mol. The summed E-state index contributed by atoms with van der Waals surface area (Å²) >= 11 is 3.42. The van der Waals surface area contributed by atoms with Crippen LogP contribution in [-0.4, -0.2) is 28.7 Å². The molecule has 1 N–H and O–H groups in total. The number of nitrogens with zero attached hydrogens (tertiary/aromatic N) is 1. The van der Waals surface area contributed by atoms with Gasteiger partial charge in [-0.05, 0) is 50.4 Å². The maximum atomic E-state index is 14.0. The molecule has 1 heterocycles. The van der Waals surface area contributed by atoms with E-state index in [0.717, 1.165) is 48.7 Å². The van der Waals surface area contributed by atoms with E-state index in [1.54, 1.807) is 6.07 Å². The van der Waals surface area contributed by atoms with Crippen molar-refractivity contribution < 1.29 is 9.50 Å². The number of rotatable bonds is 3. The fourth-order valence-corrected chi connectivity index (χ4v) is 4.41. The lowest BCUT2D eigenvalue weighted by Crippen LogP contribution is -2.42. The van der Waals surface area contributed by atoms with Crippen molar-refractivity contribution in [1.82, 2.24) is 4.90 Å². The van der Waals surface area contributed by atoms with E-state index in [-0.39, 0.29) is 11.9 Å². The molecule has 1 aliphatic carbocycles. The molecule has 0 spiro atoms. The first-order valence-corrected chi connectivity index (χ1v) is 8.80.